The number of quaternary nitrogens is 1. The van der Waals surface area contributed by atoms with Crippen molar-refractivity contribution in [2.24, 2.45) is 0 Å². The van der Waals surface area contributed by atoms with E-state index >= 15 is 0 Å². The van der Waals surface area contributed by atoms with Gasteiger partial charge in [-0.2, -0.15) is 0 Å². The molecular weight excluding hydrogens is 270 g/mol. The summed E-state index contributed by atoms with van der Waals surface area (Å²) in [6.07, 6.45) is 5.46. The Morgan fingerprint density at radius 2 is 1.68 bits per heavy atom. The van der Waals surface area contributed by atoms with Gasteiger partial charge >= 0.3 is 0 Å². The van der Waals surface area contributed by atoms with Crippen molar-refractivity contribution >= 4 is 0 Å². The topological polar surface area (TPSA) is 25.8 Å². The van der Waals surface area contributed by atoms with Gasteiger partial charge in [0.05, 0.1) is 6.10 Å². The highest BCUT2D eigenvalue weighted by Gasteiger charge is 2.18. The Morgan fingerprint density at radius 3 is 2.45 bits per heavy atom. The van der Waals surface area contributed by atoms with Crippen molar-refractivity contribution in [3.63, 3.8) is 0 Å². The van der Waals surface area contributed by atoms with Crippen LogP contribution in [-0.2, 0) is 6.54 Å². The molecule has 1 aliphatic carbocycles. The molecule has 0 spiro atoms. The van der Waals surface area contributed by atoms with Crippen LogP contribution in [0.15, 0.2) is 54.6 Å². The van der Waals surface area contributed by atoms with Crippen molar-refractivity contribution in [2.75, 3.05) is 0 Å². The van der Waals surface area contributed by atoms with E-state index in [1.54, 1.807) is 0 Å². The third-order valence-corrected chi connectivity index (χ3v) is 4.59. The molecule has 0 heterocycles. The molecule has 0 amide bonds. The predicted molar refractivity (Wildman–Crippen MR) is 89.8 cm³/mol. The van der Waals surface area contributed by atoms with Gasteiger partial charge in [0, 0.05) is 11.1 Å². The van der Waals surface area contributed by atoms with Crippen LogP contribution in [0.5, 0.6) is 5.75 Å². The smallest absolute Gasteiger partial charge is 0.128 e. The van der Waals surface area contributed by atoms with Crippen molar-refractivity contribution in [1.82, 2.24) is 0 Å². The van der Waals surface area contributed by atoms with Gasteiger partial charge < -0.3 is 10.1 Å². The standard InChI is InChI=1S/C20H25NO/c1-16(17-9-3-2-4-10-17)21-15-18-11-5-8-14-20(18)22-19-12-6-7-13-19/h2-5,8-11,14,16,19,21H,6-7,12-13,15H2,1H3/p+1/t16-/m1/s1. The molecule has 0 saturated heterocycles. The van der Waals surface area contributed by atoms with Crippen LogP contribution in [0.2, 0.25) is 0 Å². The lowest BCUT2D eigenvalue weighted by Gasteiger charge is -2.17. The largest absolute Gasteiger partial charge is 0.490 e. The Bertz CT molecular complexity index is 575. The van der Waals surface area contributed by atoms with E-state index in [1.165, 1.54) is 36.8 Å². The van der Waals surface area contributed by atoms with Crippen LogP contribution >= 0.6 is 0 Å². The SMILES string of the molecule is C[C@@H]([NH2+]Cc1ccccc1OC1CCCC1)c1ccccc1. The number of hydrogen-bond acceptors (Lipinski definition) is 1. The molecule has 0 unspecified atom stereocenters. The molecule has 2 aromatic rings. The Kier molecular flexibility index (Phi) is 5.12. The molecule has 2 aromatic carbocycles. The van der Waals surface area contributed by atoms with Gasteiger partial charge in [0.15, 0.2) is 0 Å². The zero-order valence-electron chi connectivity index (χ0n) is 13.4. The van der Waals surface area contributed by atoms with E-state index in [9.17, 15) is 0 Å². The average Bonchev–Trinajstić information content (AvgIpc) is 3.07. The highest BCUT2D eigenvalue weighted by molar-refractivity contribution is 5.32. The van der Waals surface area contributed by atoms with Crippen molar-refractivity contribution in [1.29, 1.82) is 0 Å². The van der Waals surface area contributed by atoms with E-state index < -0.39 is 0 Å². The van der Waals surface area contributed by atoms with Gasteiger partial charge in [-0.05, 0) is 44.7 Å². The normalized spacial score (nSPS) is 16.6. The number of benzene rings is 2. The van der Waals surface area contributed by atoms with Crippen molar-refractivity contribution in [2.45, 2.75) is 51.3 Å². The lowest BCUT2D eigenvalue weighted by molar-refractivity contribution is -0.708. The van der Waals surface area contributed by atoms with Gasteiger partial charge in [-0.3, -0.25) is 0 Å². The molecule has 0 aliphatic heterocycles. The summed E-state index contributed by atoms with van der Waals surface area (Å²) in [5.74, 6) is 1.07. The van der Waals surface area contributed by atoms with Gasteiger partial charge in [-0.1, -0.05) is 42.5 Å². The first kappa shape index (κ1) is 15.1. The Balaban J connectivity index is 1.62. The number of rotatable bonds is 6. The summed E-state index contributed by atoms with van der Waals surface area (Å²) in [6, 6.07) is 19.6. The molecule has 1 atom stereocenters. The maximum absolute atomic E-state index is 6.22. The van der Waals surface area contributed by atoms with Crippen LogP contribution in [0.1, 0.15) is 49.8 Å². The molecule has 1 fully saturated rings. The Labute approximate surface area is 133 Å². The molecule has 2 N–H and O–H groups in total. The molecule has 0 radical (unpaired) electrons. The highest BCUT2D eigenvalue weighted by atomic mass is 16.5. The minimum Gasteiger partial charge on any atom is -0.490 e. The van der Waals surface area contributed by atoms with E-state index in [0.717, 1.165) is 12.3 Å². The van der Waals surface area contributed by atoms with Gasteiger partial charge in [0.25, 0.3) is 0 Å². The van der Waals surface area contributed by atoms with Gasteiger partial charge in [0.1, 0.15) is 18.3 Å². The van der Waals surface area contributed by atoms with Gasteiger partial charge in [0.2, 0.25) is 0 Å². The fourth-order valence-corrected chi connectivity index (χ4v) is 3.17. The van der Waals surface area contributed by atoms with E-state index in [0.29, 0.717) is 12.1 Å². The monoisotopic (exact) mass is 296 g/mol. The van der Waals surface area contributed by atoms with E-state index in [1.807, 2.05) is 0 Å². The van der Waals surface area contributed by atoms with E-state index in [2.05, 4.69) is 66.8 Å². The average molecular weight is 296 g/mol. The zero-order valence-corrected chi connectivity index (χ0v) is 13.4. The molecule has 1 saturated carbocycles. The van der Waals surface area contributed by atoms with E-state index in [4.69, 9.17) is 4.74 Å². The third-order valence-electron chi connectivity index (χ3n) is 4.59. The summed E-state index contributed by atoms with van der Waals surface area (Å²) >= 11 is 0. The fourth-order valence-electron chi connectivity index (χ4n) is 3.17. The summed E-state index contributed by atoms with van der Waals surface area (Å²) in [7, 11) is 0. The molecule has 1 aliphatic rings. The number of nitrogens with two attached hydrogens (primary N) is 1. The van der Waals surface area contributed by atoms with Crippen molar-refractivity contribution in [3.05, 3.63) is 65.7 Å². The van der Waals surface area contributed by atoms with Gasteiger partial charge in [-0.25, -0.2) is 0 Å². The molecule has 22 heavy (non-hydrogen) atoms. The first-order chi connectivity index (χ1) is 10.8. The molecule has 3 rings (SSSR count). The summed E-state index contributed by atoms with van der Waals surface area (Å²) in [6.45, 7) is 3.22. The Hall–Kier alpha value is -1.80. The lowest BCUT2D eigenvalue weighted by Crippen LogP contribution is -2.83. The molecule has 116 valence electrons. The van der Waals surface area contributed by atoms with Crippen LogP contribution in [-0.4, -0.2) is 6.10 Å². The van der Waals surface area contributed by atoms with Crippen LogP contribution in [0, 0.1) is 0 Å². The molecule has 0 aromatic heterocycles. The second kappa shape index (κ2) is 7.46. The van der Waals surface area contributed by atoms with Crippen LogP contribution in [0.25, 0.3) is 0 Å². The predicted octanol–water partition coefficient (Wildman–Crippen LogP) is 3.83. The molecular formula is C20H26NO+. The number of para-hydroxylation sites is 1. The maximum atomic E-state index is 6.22. The molecule has 2 nitrogen and oxygen atoms in total. The summed E-state index contributed by atoms with van der Waals surface area (Å²) in [4.78, 5) is 0. The molecule has 0 bridgehead atoms. The Morgan fingerprint density at radius 1 is 1.00 bits per heavy atom. The zero-order chi connectivity index (χ0) is 15.2. The second-order valence-electron chi connectivity index (χ2n) is 6.27. The lowest BCUT2D eigenvalue weighted by atomic mass is 10.1. The summed E-state index contributed by atoms with van der Waals surface area (Å²) in [5.41, 5.74) is 2.67. The minimum absolute atomic E-state index is 0.424. The van der Waals surface area contributed by atoms with Crippen LogP contribution in [0.4, 0.5) is 0 Å². The van der Waals surface area contributed by atoms with Crippen LogP contribution < -0.4 is 10.1 Å². The number of ether oxygens (including phenoxy) is 1. The van der Waals surface area contributed by atoms with Crippen molar-refractivity contribution < 1.29 is 10.1 Å². The first-order valence-corrected chi connectivity index (χ1v) is 8.46. The summed E-state index contributed by atoms with van der Waals surface area (Å²) < 4.78 is 6.22. The van der Waals surface area contributed by atoms with Crippen molar-refractivity contribution in [3.8, 4) is 5.75 Å². The quantitative estimate of drug-likeness (QED) is 0.861. The highest BCUT2D eigenvalue weighted by Crippen LogP contribution is 2.26. The van der Waals surface area contributed by atoms with E-state index in [-0.39, 0.29) is 0 Å². The van der Waals surface area contributed by atoms with Gasteiger partial charge in [-0.15, -0.1) is 0 Å². The first-order valence-electron chi connectivity index (χ1n) is 8.46. The number of hydrogen-bond donors (Lipinski definition) is 1. The maximum Gasteiger partial charge on any atom is 0.128 e. The summed E-state index contributed by atoms with van der Waals surface area (Å²) in [5, 5.41) is 2.38. The fraction of sp³-hybridized carbons (Fsp3) is 0.400. The third kappa shape index (κ3) is 3.89. The minimum atomic E-state index is 0.424. The second-order valence-corrected chi connectivity index (χ2v) is 6.27. The van der Waals surface area contributed by atoms with Crippen LogP contribution in [0.3, 0.4) is 0 Å². The molecule has 2 heteroatoms.